The molecule has 1 aliphatic carbocycles. The molecule has 0 amide bonds. The van der Waals surface area contributed by atoms with Gasteiger partial charge in [0.05, 0.1) is 23.4 Å². The number of benzene rings is 1. The summed E-state index contributed by atoms with van der Waals surface area (Å²) in [5, 5.41) is 13.6. The number of nitrogens with zero attached hydrogens (tertiary/aromatic N) is 3. The molecule has 4 heteroatoms. The second kappa shape index (κ2) is 18.7. The van der Waals surface area contributed by atoms with Gasteiger partial charge < -0.3 is 10.3 Å². The first kappa shape index (κ1) is 31.4. The zero-order valence-electron chi connectivity index (χ0n) is 23.2. The van der Waals surface area contributed by atoms with Gasteiger partial charge >= 0.3 is 0 Å². The molecule has 0 saturated heterocycles. The molecular weight excluding hydrogens is 416 g/mol. The Hall–Kier alpha value is -2.64. The van der Waals surface area contributed by atoms with E-state index in [9.17, 15) is 5.26 Å². The number of aryl methyl sites for hydroxylation is 1. The Bertz CT molecular complexity index is 862. The molecule has 34 heavy (non-hydrogen) atoms. The highest BCUT2D eigenvalue weighted by Crippen LogP contribution is 2.29. The maximum Gasteiger partial charge on any atom is 0.0991 e. The van der Waals surface area contributed by atoms with E-state index in [1.807, 2.05) is 46.8 Å². The summed E-state index contributed by atoms with van der Waals surface area (Å²) in [6.45, 7) is 19.1. The summed E-state index contributed by atoms with van der Waals surface area (Å²) in [6, 6.07) is 11.0. The van der Waals surface area contributed by atoms with Gasteiger partial charge in [0.1, 0.15) is 0 Å². The van der Waals surface area contributed by atoms with Crippen LogP contribution in [0.15, 0.2) is 58.2 Å². The Labute approximate surface area is 210 Å². The van der Waals surface area contributed by atoms with Crippen molar-refractivity contribution in [2.45, 2.75) is 87.1 Å². The van der Waals surface area contributed by atoms with E-state index >= 15 is 0 Å². The minimum Gasteiger partial charge on any atom is -0.306 e. The molecule has 1 aromatic carbocycles. The van der Waals surface area contributed by atoms with Gasteiger partial charge in [-0.2, -0.15) is 10.4 Å². The van der Waals surface area contributed by atoms with Gasteiger partial charge in [-0.1, -0.05) is 84.9 Å². The van der Waals surface area contributed by atoms with Crippen molar-refractivity contribution in [3.05, 3.63) is 64.3 Å². The summed E-state index contributed by atoms with van der Waals surface area (Å²) in [5.74, 6) is 0. The van der Waals surface area contributed by atoms with Gasteiger partial charge in [0.2, 0.25) is 0 Å². The van der Waals surface area contributed by atoms with Crippen molar-refractivity contribution < 1.29 is 0 Å². The molecule has 1 unspecified atom stereocenters. The molecule has 0 saturated carbocycles. The fourth-order valence-electron chi connectivity index (χ4n) is 3.83. The lowest BCUT2D eigenvalue weighted by atomic mass is 9.87. The van der Waals surface area contributed by atoms with E-state index in [1.54, 1.807) is 0 Å². The van der Waals surface area contributed by atoms with Gasteiger partial charge in [-0.15, -0.1) is 0 Å². The molecule has 0 bridgehead atoms. The first-order chi connectivity index (χ1) is 16.5. The highest BCUT2D eigenvalue weighted by molar-refractivity contribution is 6.13. The highest BCUT2D eigenvalue weighted by Gasteiger charge is 2.28. The summed E-state index contributed by atoms with van der Waals surface area (Å²) in [5.41, 5.74) is 9.57. The standard InChI is InChI=1S/C19H19N3.C7H17N.2C2H6/c1-3-14-5-4-6-15(11-14)7-9-17-19-13(2)16(12-20)8-10-18(19)22-21-17;1-4-6-8(3)7-5-2;2*1-2/h4-9,11,18,22H,3,10H2,1-2H3;4-7H2,1-3H3;2*1-2H3/b9-7+;;;. The van der Waals surface area contributed by atoms with Crippen molar-refractivity contribution in [1.29, 1.82) is 5.26 Å². The first-order valence-electron chi connectivity index (χ1n) is 13.1. The number of hydrogen-bond acceptors (Lipinski definition) is 4. The Morgan fingerprint density at radius 3 is 2.29 bits per heavy atom. The summed E-state index contributed by atoms with van der Waals surface area (Å²) in [7, 11) is 2.17. The topological polar surface area (TPSA) is 51.4 Å². The lowest BCUT2D eigenvalue weighted by Gasteiger charge is -2.18. The van der Waals surface area contributed by atoms with Crippen LogP contribution >= 0.6 is 0 Å². The smallest absolute Gasteiger partial charge is 0.0991 e. The third-order valence-corrected chi connectivity index (χ3v) is 5.45. The molecule has 1 aliphatic heterocycles. The van der Waals surface area contributed by atoms with Crippen LogP contribution in [0, 0.1) is 11.3 Å². The Kier molecular flexibility index (Phi) is 17.3. The third-order valence-electron chi connectivity index (χ3n) is 5.45. The van der Waals surface area contributed by atoms with Crippen molar-refractivity contribution in [3.63, 3.8) is 0 Å². The van der Waals surface area contributed by atoms with Crippen LogP contribution in [0.4, 0.5) is 0 Å². The van der Waals surface area contributed by atoms with Crippen molar-refractivity contribution in [1.82, 2.24) is 10.3 Å². The van der Waals surface area contributed by atoms with Crippen LogP contribution in [0.25, 0.3) is 6.08 Å². The fourth-order valence-corrected chi connectivity index (χ4v) is 3.83. The van der Waals surface area contributed by atoms with E-state index in [-0.39, 0.29) is 6.04 Å². The Morgan fingerprint density at radius 1 is 1.09 bits per heavy atom. The van der Waals surface area contributed by atoms with Crippen LogP contribution in [-0.4, -0.2) is 36.8 Å². The van der Waals surface area contributed by atoms with Crippen LogP contribution in [0.3, 0.4) is 0 Å². The van der Waals surface area contributed by atoms with Gasteiger partial charge in [-0.3, -0.25) is 0 Å². The number of hydrogen-bond donors (Lipinski definition) is 1. The van der Waals surface area contributed by atoms with Gasteiger partial charge in [-0.05, 0) is 75.5 Å². The molecule has 1 N–H and O–H groups in total. The number of nitrogens with one attached hydrogen (secondary N) is 1. The van der Waals surface area contributed by atoms with Crippen LogP contribution in [0.2, 0.25) is 0 Å². The Morgan fingerprint density at radius 2 is 1.74 bits per heavy atom. The molecule has 188 valence electrons. The molecule has 2 aliphatic rings. The number of hydrazone groups is 1. The molecule has 3 rings (SSSR count). The zero-order chi connectivity index (χ0) is 25.9. The first-order valence-corrected chi connectivity index (χ1v) is 13.1. The van der Waals surface area contributed by atoms with Crippen LogP contribution in [0.1, 0.15) is 85.8 Å². The summed E-state index contributed by atoms with van der Waals surface area (Å²) in [4.78, 5) is 2.36. The highest BCUT2D eigenvalue weighted by atomic mass is 15.3. The quantitative estimate of drug-likeness (QED) is 0.453. The number of fused-ring (bicyclic) bond motifs is 1. The molecule has 0 fully saturated rings. The summed E-state index contributed by atoms with van der Waals surface area (Å²) < 4.78 is 0. The van der Waals surface area contributed by atoms with Crippen LogP contribution in [0.5, 0.6) is 0 Å². The normalized spacial score (nSPS) is 16.0. The van der Waals surface area contributed by atoms with E-state index < -0.39 is 0 Å². The molecule has 0 aromatic heterocycles. The van der Waals surface area contributed by atoms with E-state index in [4.69, 9.17) is 0 Å². The lowest BCUT2D eigenvalue weighted by molar-refractivity contribution is 0.335. The average Bonchev–Trinajstić information content (AvgIpc) is 3.30. The molecule has 1 atom stereocenters. The predicted octanol–water partition coefficient (Wildman–Crippen LogP) is 7.55. The number of nitriles is 1. The van der Waals surface area contributed by atoms with Gasteiger partial charge in [0, 0.05) is 5.57 Å². The van der Waals surface area contributed by atoms with Crippen LogP contribution < -0.4 is 5.43 Å². The number of rotatable bonds is 7. The van der Waals surface area contributed by atoms with Gasteiger partial charge in [0.15, 0.2) is 0 Å². The maximum atomic E-state index is 9.20. The second-order valence-corrected chi connectivity index (χ2v) is 7.92. The molecule has 4 nitrogen and oxygen atoms in total. The minimum absolute atomic E-state index is 0.207. The lowest BCUT2D eigenvalue weighted by Crippen LogP contribution is -2.24. The van der Waals surface area contributed by atoms with Crippen molar-refractivity contribution in [2.24, 2.45) is 5.10 Å². The van der Waals surface area contributed by atoms with Crippen molar-refractivity contribution in [3.8, 4) is 6.07 Å². The average molecular weight is 465 g/mol. The molecular formula is C30H48N4. The van der Waals surface area contributed by atoms with Crippen LogP contribution in [-0.2, 0) is 6.42 Å². The summed E-state index contributed by atoms with van der Waals surface area (Å²) in [6.07, 6.45) is 10.5. The molecule has 0 radical (unpaired) electrons. The molecule has 1 aromatic rings. The molecule has 1 heterocycles. The SMILES string of the molecule is CC.CC.CCCN(C)CCC.CCc1cccc(/C=C/C2=NNC3CC=C(C#N)C(C)=C23)c1. The van der Waals surface area contributed by atoms with Crippen molar-refractivity contribution in [2.75, 3.05) is 20.1 Å². The zero-order valence-corrected chi connectivity index (χ0v) is 23.2. The van der Waals surface area contributed by atoms with Gasteiger partial charge in [-0.25, -0.2) is 0 Å². The molecule has 0 spiro atoms. The maximum absolute atomic E-state index is 9.20. The van der Waals surface area contributed by atoms with E-state index in [0.717, 1.165) is 35.3 Å². The van der Waals surface area contributed by atoms with E-state index in [1.165, 1.54) is 37.1 Å². The fraction of sp³-hybridized carbons (Fsp3) is 0.533. The van der Waals surface area contributed by atoms with E-state index in [0.29, 0.717) is 0 Å². The largest absolute Gasteiger partial charge is 0.306 e. The van der Waals surface area contributed by atoms with Crippen molar-refractivity contribution >= 4 is 11.8 Å². The monoisotopic (exact) mass is 464 g/mol. The minimum atomic E-state index is 0.207. The van der Waals surface area contributed by atoms with E-state index in [2.05, 4.69) is 79.7 Å². The summed E-state index contributed by atoms with van der Waals surface area (Å²) >= 11 is 0. The second-order valence-electron chi connectivity index (χ2n) is 7.92. The Balaban J connectivity index is 0.000000769. The van der Waals surface area contributed by atoms with Gasteiger partial charge in [0.25, 0.3) is 0 Å². The third kappa shape index (κ3) is 10.1. The number of allylic oxidation sites excluding steroid dienone is 3. The predicted molar refractivity (Wildman–Crippen MR) is 151 cm³/mol.